The van der Waals surface area contributed by atoms with Crippen LogP contribution in [-0.4, -0.2) is 11.6 Å². The lowest BCUT2D eigenvalue weighted by atomic mass is 10.1. The van der Waals surface area contributed by atoms with Crippen molar-refractivity contribution in [2.45, 2.75) is 65.2 Å². The van der Waals surface area contributed by atoms with Crippen molar-refractivity contribution in [2.24, 2.45) is 0 Å². The van der Waals surface area contributed by atoms with Crippen molar-refractivity contribution in [2.75, 3.05) is 6.61 Å². The van der Waals surface area contributed by atoms with Gasteiger partial charge in [-0.1, -0.05) is 57.9 Å². The molecule has 1 aromatic heterocycles. The number of aryl methyl sites for hydroxylation is 1. The summed E-state index contributed by atoms with van der Waals surface area (Å²) in [7, 11) is 0. The summed E-state index contributed by atoms with van der Waals surface area (Å²) in [6.07, 6.45) is 11.7. The molecule has 1 heterocycles. The molecule has 138 valence electrons. The molecule has 0 amide bonds. The van der Waals surface area contributed by atoms with E-state index in [-0.39, 0.29) is 0 Å². The first-order chi connectivity index (χ1) is 12.8. The van der Waals surface area contributed by atoms with Gasteiger partial charge >= 0.3 is 0 Å². The Bertz CT molecular complexity index is 677. The first kappa shape index (κ1) is 20.0. The van der Waals surface area contributed by atoms with Gasteiger partial charge in [0.15, 0.2) is 0 Å². The molecule has 0 aliphatic heterocycles. The average Bonchev–Trinajstić information content (AvgIpc) is 2.69. The lowest BCUT2D eigenvalue weighted by Gasteiger charge is -2.05. The first-order valence-electron chi connectivity index (χ1n) is 10.0. The van der Waals surface area contributed by atoms with Crippen LogP contribution in [0.25, 0.3) is 0 Å². The van der Waals surface area contributed by atoms with Gasteiger partial charge in [0.25, 0.3) is 0 Å². The third-order valence-electron chi connectivity index (χ3n) is 4.35. The lowest BCUT2D eigenvalue weighted by Crippen LogP contribution is -1.97. The molecule has 0 aliphatic rings. The highest BCUT2D eigenvalue weighted by Crippen LogP contribution is 2.13. The van der Waals surface area contributed by atoms with E-state index in [0.29, 0.717) is 0 Å². The maximum absolute atomic E-state index is 5.79. The molecule has 0 N–H and O–H groups in total. The van der Waals surface area contributed by atoms with Gasteiger partial charge in [-0.3, -0.25) is 0 Å². The van der Waals surface area contributed by atoms with Crippen molar-refractivity contribution in [1.82, 2.24) is 4.98 Å². The lowest BCUT2D eigenvalue weighted by molar-refractivity contribution is 0.304. The van der Waals surface area contributed by atoms with Crippen molar-refractivity contribution in [3.8, 4) is 17.6 Å². The van der Waals surface area contributed by atoms with Gasteiger partial charge in [0.1, 0.15) is 11.4 Å². The van der Waals surface area contributed by atoms with Crippen molar-refractivity contribution in [1.29, 1.82) is 0 Å². The highest BCUT2D eigenvalue weighted by atomic mass is 16.5. The Morgan fingerprint density at radius 3 is 2.27 bits per heavy atom. The summed E-state index contributed by atoms with van der Waals surface area (Å²) in [5, 5.41) is 0. The van der Waals surface area contributed by atoms with E-state index in [2.05, 4.69) is 36.7 Å². The van der Waals surface area contributed by atoms with Crippen LogP contribution in [0, 0.1) is 11.8 Å². The maximum Gasteiger partial charge on any atom is 0.119 e. The van der Waals surface area contributed by atoms with Gasteiger partial charge in [-0.15, -0.1) is 0 Å². The molecule has 0 atom stereocenters. The van der Waals surface area contributed by atoms with Gasteiger partial charge < -0.3 is 4.74 Å². The summed E-state index contributed by atoms with van der Waals surface area (Å²) in [5.74, 6) is 7.23. The second kappa shape index (κ2) is 12.1. The highest BCUT2D eigenvalue weighted by molar-refractivity contribution is 5.42. The van der Waals surface area contributed by atoms with Crippen molar-refractivity contribution >= 4 is 0 Å². The van der Waals surface area contributed by atoms with Crippen molar-refractivity contribution < 1.29 is 4.74 Å². The Morgan fingerprint density at radius 1 is 0.808 bits per heavy atom. The summed E-state index contributed by atoms with van der Waals surface area (Å²) in [4.78, 5) is 4.44. The second-order valence-electron chi connectivity index (χ2n) is 6.69. The predicted molar refractivity (Wildman–Crippen MR) is 110 cm³/mol. The van der Waals surface area contributed by atoms with Crippen molar-refractivity contribution in [3.05, 3.63) is 59.4 Å². The number of ether oxygens (including phenoxy) is 1. The fourth-order valence-electron chi connectivity index (χ4n) is 2.69. The largest absolute Gasteiger partial charge is 0.494 e. The van der Waals surface area contributed by atoms with E-state index in [0.717, 1.165) is 36.5 Å². The van der Waals surface area contributed by atoms with Gasteiger partial charge in [-0.25, -0.2) is 4.98 Å². The Morgan fingerprint density at radius 2 is 1.58 bits per heavy atom. The minimum absolute atomic E-state index is 0.795. The third kappa shape index (κ3) is 7.74. The molecule has 0 spiro atoms. The monoisotopic (exact) mass is 349 g/mol. The van der Waals surface area contributed by atoms with Crippen LogP contribution in [0.15, 0.2) is 42.6 Å². The van der Waals surface area contributed by atoms with Gasteiger partial charge in [0.05, 0.1) is 6.61 Å². The van der Waals surface area contributed by atoms with Crippen molar-refractivity contribution in [3.63, 3.8) is 0 Å². The van der Waals surface area contributed by atoms with Crippen LogP contribution in [-0.2, 0) is 6.42 Å². The molecule has 2 heteroatoms. The van der Waals surface area contributed by atoms with E-state index in [1.54, 1.807) is 0 Å². The number of rotatable bonds is 10. The molecular weight excluding hydrogens is 318 g/mol. The zero-order valence-corrected chi connectivity index (χ0v) is 16.3. The first-order valence-corrected chi connectivity index (χ1v) is 10.0. The van der Waals surface area contributed by atoms with E-state index in [1.165, 1.54) is 44.1 Å². The summed E-state index contributed by atoms with van der Waals surface area (Å²) in [5.41, 5.74) is 3.09. The molecule has 0 radical (unpaired) electrons. The van der Waals surface area contributed by atoms with Crippen LogP contribution >= 0.6 is 0 Å². The Kier molecular flexibility index (Phi) is 9.36. The normalized spacial score (nSPS) is 10.2. The SMILES string of the molecule is CCCCCCCOc1ccc(C#Cc2ccc(CCCC)cn2)cc1. The number of aromatic nitrogens is 1. The van der Waals surface area contributed by atoms with Crippen LogP contribution in [0.2, 0.25) is 0 Å². The maximum atomic E-state index is 5.79. The minimum atomic E-state index is 0.795. The van der Waals surface area contributed by atoms with Crippen LogP contribution in [0.1, 0.15) is 75.6 Å². The molecule has 2 nitrogen and oxygen atoms in total. The summed E-state index contributed by atoms with van der Waals surface area (Å²) < 4.78 is 5.79. The molecule has 1 aromatic carbocycles. The number of unbranched alkanes of at least 4 members (excludes halogenated alkanes) is 5. The highest BCUT2D eigenvalue weighted by Gasteiger charge is 1.96. The molecule has 2 rings (SSSR count). The van der Waals surface area contributed by atoms with Crippen LogP contribution in [0.5, 0.6) is 5.75 Å². The molecule has 0 bridgehead atoms. The molecule has 0 saturated heterocycles. The second-order valence-corrected chi connectivity index (χ2v) is 6.69. The zero-order valence-electron chi connectivity index (χ0n) is 16.3. The standard InChI is InChI=1S/C24H31NO/c1-3-5-7-8-9-19-26-24-17-13-21(14-18-24)11-15-23-16-12-22(20-25-23)10-6-4-2/h12-14,16-18,20H,3-10,19H2,1-2H3. The molecule has 26 heavy (non-hydrogen) atoms. The molecule has 0 unspecified atom stereocenters. The summed E-state index contributed by atoms with van der Waals surface area (Å²) >= 11 is 0. The summed E-state index contributed by atoms with van der Waals surface area (Å²) in [6, 6.07) is 12.1. The van der Waals surface area contributed by atoms with E-state index in [1.807, 2.05) is 36.5 Å². The topological polar surface area (TPSA) is 22.1 Å². The van der Waals surface area contributed by atoms with E-state index in [9.17, 15) is 0 Å². The van der Waals surface area contributed by atoms with Gasteiger partial charge in [-0.05, 0) is 61.1 Å². The van der Waals surface area contributed by atoms with Crippen LogP contribution in [0.3, 0.4) is 0 Å². The minimum Gasteiger partial charge on any atom is -0.494 e. The number of nitrogens with zero attached hydrogens (tertiary/aromatic N) is 1. The number of pyridine rings is 1. The number of hydrogen-bond donors (Lipinski definition) is 0. The molecule has 2 aromatic rings. The molecule has 0 aliphatic carbocycles. The zero-order chi connectivity index (χ0) is 18.5. The Labute approximate surface area is 159 Å². The quantitative estimate of drug-likeness (QED) is 0.378. The Balaban J connectivity index is 1.79. The van der Waals surface area contributed by atoms with Crippen LogP contribution in [0.4, 0.5) is 0 Å². The van der Waals surface area contributed by atoms with Gasteiger partial charge in [0, 0.05) is 11.8 Å². The molecule has 0 saturated carbocycles. The predicted octanol–water partition coefficient (Wildman–Crippen LogP) is 6.17. The fourth-order valence-corrected chi connectivity index (χ4v) is 2.69. The smallest absolute Gasteiger partial charge is 0.119 e. The number of benzene rings is 1. The van der Waals surface area contributed by atoms with E-state index >= 15 is 0 Å². The van der Waals surface area contributed by atoms with E-state index in [4.69, 9.17) is 4.74 Å². The fraction of sp³-hybridized carbons (Fsp3) is 0.458. The van der Waals surface area contributed by atoms with Crippen LogP contribution < -0.4 is 4.74 Å². The summed E-state index contributed by atoms with van der Waals surface area (Å²) in [6.45, 7) is 5.24. The average molecular weight is 350 g/mol. The third-order valence-corrected chi connectivity index (χ3v) is 4.35. The van der Waals surface area contributed by atoms with E-state index < -0.39 is 0 Å². The Hall–Kier alpha value is -2.27. The molecular formula is C24H31NO. The number of hydrogen-bond acceptors (Lipinski definition) is 2. The molecule has 0 fully saturated rings. The van der Waals surface area contributed by atoms with Gasteiger partial charge in [-0.2, -0.15) is 0 Å². The van der Waals surface area contributed by atoms with Gasteiger partial charge in [0.2, 0.25) is 0 Å².